The summed E-state index contributed by atoms with van der Waals surface area (Å²) in [6, 6.07) is 20.1. The average molecular weight is 450 g/mol. The van der Waals surface area contributed by atoms with Crippen LogP contribution in [0.2, 0.25) is 0 Å². The molecule has 2 heterocycles. The zero-order chi connectivity index (χ0) is 22.1. The van der Waals surface area contributed by atoms with Crippen LogP contribution in [0.15, 0.2) is 76.0 Å². The lowest BCUT2D eigenvalue weighted by atomic mass is 9.97. The van der Waals surface area contributed by atoms with Gasteiger partial charge in [0.25, 0.3) is 0 Å². The number of carbonyl (C=O) groups is 1. The number of piperidine rings is 1. The number of hydrogen-bond acceptors (Lipinski definition) is 5. The van der Waals surface area contributed by atoms with Crippen LogP contribution in [0.3, 0.4) is 0 Å². The number of oxazole rings is 1. The molecule has 1 N–H and O–H groups in total. The molecule has 5 rings (SSSR count). The zero-order valence-corrected chi connectivity index (χ0v) is 18.2. The van der Waals surface area contributed by atoms with Crippen molar-refractivity contribution >= 4 is 37.8 Å². The monoisotopic (exact) mass is 449 g/mol. The van der Waals surface area contributed by atoms with Gasteiger partial charge in [0.15, 0.2) is 11.5 Å². The van der Waals surface area contributed by atoms with Gasteiger partial charge in [0.2, 0.25) is 15.9 Å². The molecule has 7 nitrogen and oxygen atoms in total. The van der Waals surface area contributed by atoms with Crippen molar-refractivity contribution in [2.45, 2.75) is 23.7 Å². The summed E-state index contributed by atoms with van der Waals surface area (Å²) in [5, 5.41) is 1.80. The van der Waals surface area contributed by atoms with Crippen LogP contribution in [-0.2, 0) is 14.8 Å². The van der Waals surface area contributed by atoms with Gasteiger partial charge < -0.3 is 9.32 Å². The van der Waals surface area contributed by atoms with Gasteiger partial charge in [-0.1, -0.05) is 42.5 Å². The van der Waals surface area contributed by atoms with Crippen LogP contribution in [0, 0.1) is 0 Å². The lowest BCUT2D eigenvalue weighted by Crippen LogP contribution is -2.43. The number of sulfonamides is 1. The van der Waals surface area contributed by atoms with Gasteiger partial charge in [-0.05, 0) is 47.9 Å². The molecule has 1 aliphatic heterocycles. The molecule has 0 unspecified atom stereocenters. The van der Waals surface area contributed by atoms with Gasteiger partial charge >= 0.3 is 0 Å². The third-order valence-corrected chi connectivity index (χ3v) is 7.35. The van der Waals surface area contributed by atoms with Gasteiger partial charge in [0.1, 0.15) is 5.52 Å². The van der Waals surface area contributed by atoms with Crippen LogP contribution < -0.4 is 4.72 Å². The Bertz CT molecular complexity index is 1360. The van der Waals surface area contributed by atoms with Crippen LogP contribution >= 0.6 is 0 Å². The first kappa shape index (κ1) is 20.7. The minimum Gasteiger partial charge on any atom is -0.440 e. The highest BCUT2D eigenvalue weighted by molar-refractivity contribution is 7.89. The molecule has 1 amide bonds. The maximum atomic E-state index is 12.7. The van der Waals surface area contributed by atoms with E-state index in [2.05, 4.69) is 9.71 Å². The molecule has 0 bridgehead atoms. The van der Waals surface area contributed by atoms with Crippen molar-refractivity contribution in [2.75, 3.05) is 19.6 Å². The highest BCUT2D eigenvalue weighted by atomic mass is 32.2. The molecule has 32 heavy (non-hydrogen) atoms. The lowest BCUT2D eigenvalue weighted by Gasteiger charge is -2.30. The Morgan fingerprint density at radius 2 is 1.72 bits per heavy atom. The molecule has 1 aliphatic rings. The van der Waals surface area contributed by atoms with E-state index in [0.717, 1.165) is 34.7 Å². The second-order valence-corrected chi connectivity index (χ2v) is 9.78. The largest absolute Gasteiger partial charge is 0.440 e. The minimum atomic E-state index is -3.78. The molecule has 0 aliphatic carbocycles. The van der Waals surface area contributed by atoms with Crippen LogP contribution in [0.1, 0.15) is 24.7 Å². The number of fused-ring (bicyclic) bond motifs is 2. The third kappa shape index (κ3) is 4.11. The fraction of sp³-hybridized carbons (Fsp3) is 0.250. The van der Waals surface area contributed by atoms with E-state index in [-0.39, 0.29) is 23.3 Å². The molecule has 0 spiro atoms. The van der Waals surface area contributed by atoms with Gasteiger partial charge in [0.05, 0.1) is 11.4 Å². The van der Waals surface area contributed by atoms with E-state index in [1.165, 1.54) is 0 Å². The van der Waals surface area contributed by atoms with E-state index in [9.17, 15) is 13.2 Å². The quantitative estimate of drug-likeness (QED) is 0.502. The van der Waals surface area contributed by atoms with E-state index in [1.54, 1.807) is 23.1 Å². The number of nitrogens with one attached hydrogen (secondary N) is 1. The molecule has 4 aromatic rings. The number of para-hydroxylation sites is 2. The number of carbonyl (C=O) groups excluding carboxylic acids is 1. The maximum absolute atomic E-state index is 12.7. The summed E-state index contributed by atoms with van der Waals surface area (Å²) in [6.45, 7) is 0.822. The third-order valence-electron chi connectivity index (χ3n) is 5.95. The van der Waals surface area contributed by atoms with Gasteiger partial charge in [0, 0.05) is 19.0 Å². The van der Waals surface area contributed by atoms with Crippen molar-refractivity contribution in [1.82, 2.24) is 14.6 Å². The SMILES string of the molecule is O=C(CNS(=O)(=O)c1ccc2ccccc2c1)N1CCC(c2nc3ccccc3o2)CC1. The summed E-state index contributed by atoms with van der Waals surface area (Å²) in [5.74, 6) is 0.626. The van der Waals surface area contributed by atoms with Crippen LogP contribution in [0.5, 0.6) is 0 Å². The predicted molar refractivity (Wildman–Crippen MR) is 122 cm³/mol. The molecule has 3 aromatic carbocycles. The minimum absolute atomic E-state index is 0.152. The molecule has 0 saturated carbocycles. The molecule has 0 atom stereocenters. The topological polar surface area (TPSA) is 92.5 Å². The van der Waals surface area contributed by atoms with E-state index >= 15 is 0 Å². The average Bonchev–Trinajstić information content (AvgIpc) is 3.27. The number of aromatic nitrogens is 1. The molecule has 1 fully saturated rings. The van der Waals surface area contributed by atoms with Crippen molar-refractivity contribution in [3.05, 3.63) is 72.6 Å². The molecular weight excluding hydrogens is 426 g/mol. The normalized spacial score (nSPS) is 15.4. The highest BCUT2D eigenvalue weighted by Crippen LogP contribution is 2.30. The number of amides is 1. The second-order valence-electron chi connectivity index (χ2n) is 8.01. The van der Waals surface area contributed by atoms with Gasteiger partial charge in [-0.2, -0.15) is 0 Å². The first-order valence-corrected chi connectivity index (χ1v) is 12.1. The fourth-order valence-electron chi connectivity index (χ4n) is 4.13. The number of hydrogen-bond donors (Lipinski definition) is 1. The van der Waals surface area contributed by atoms with Crippen molar-refractivity contribution in [3.63, 3.8) is 0 Å². The molecule has 164 valence electrons. The Balaban J connectivity index is 1.19. The summed E-state index contributed by atoms with van der Waals surface area (Å²) < 4.78 is 33.7. The van der Waals surface area contributed by atoms with Crippen LogP contribution in [0.4, 0.5) is 0 Å². The van der Waals surface area contributed by atoms with Gasteiger partial charge in [-0.3, -0.25) is 4.79 Å². The Labute approximate surface area is 186 Å². The molecule has 8 heteroatoms. The molecule has 1 aromatic heterocycles. The fourth-order valence-corrected chi connectivity index (χ4v) is 5.14. The molecular formula is C24H23N3O4S. The molecule has 1 saturated heterocycles. The first-order chi connectivity index (χ1) is 15.5. The summed E-state index contributed by atoms with van der Waals surface area (Å²) >= 11 is 0. The number of benzene rings is 3. The number of rotatable bonds is 5. The van der Waals surface area contributed by atoms with Crippen LogP contribution in [-0.4, -0.2) is 43.8 Å². The Hall–Kier alpha value is -3.23. The lowest BCUT2D eigenvalue weighted by molar-refractivity contribution is -0.131. The summed E-state index contributed by atoms with van der Waals surface area (Å²) in [4.78, 5) is 19.0. The van der Waals surface area contributed by atoms with Crippen molar-refractivity contribution < 1.29 is 17.6 Å². The Kier molecular flexibility index (Phi) is 5.40. The van der Waals surface area contributed by atoms with E-state index in [4.69, 9.17) is 4.42 Å². The van der Waals surface area contributed by atoms with E-state index < -0.39 is 10.0 Å². The second kappa shape index (κ2) is 8.37. The van der Waals surface area contributed by atoms with Crippen LogP contribution in [0.25, 0.3) is 21.9 Å². The number of likely N-dealkylation sites (tertiary alicyclic amines) is 1. The number of nitrogens with zero attached hydrogens (tertiary/aromatic N) is 2. The standard InChI is InChI=1S/C24H23N3O4S/c28-23(16-25-32(29,30)20-10-9-17-5-1-2-6-19(17)15-20)27-13-11-18(12-14-27)24-26-21-7-3-4-8-22(21)31-24/h1-10,15,18,25H,11-14,16H2. The van der Waals surface area contributed by atoms with Crippen molar-refractivity contribution in [3.8, 4) is 0 Å². The van der Waals surface area contributed by atoms with Gasteiger partial charge in [-0.25, -0.2) is 18.1 Å². The summed E-state index contributed by atoms with van der Waals surface area (Å²) in [7, 11) is -3.78. The maximum Gasteiger partial charge on any atom is 0.241 e. The van der Waals surface area contributed by atoms with Gasteiger partial charge in [-0.15, -0.1) is 0 Å². The zero-order valence-electron chi connectivity index (χ0n) is 17.4. The van der Waals surface area contributed by atoms with E-state index in [0.29, 0.717) is 19.0 Å². The predicted octanol–water partition coefficient (Wildman–Crippen LogP) is 3.67. The summed E-state index contributed by atoms with van der Waals surface area (Å²) in [5.41, 5.74) is 1.60. The van der Waals surface area contributed by atoms with Crippen molar-refractivity contribution in [2.24, 2.45) is 0 Å². The Morgan fingerprint density at radius 3 is 2.50 bits per heavy atom. The first-order valence-electron chi connectivity index (χ1n) is 10.6. The van der Waals surface area contributed by atoms with E-state index in [1.807, 2.05) is 48.5 Å². The van der Waals surface area contributed by atoms with Crippen molar-refractivity contribution in [1.29, 1.82) is 0 Å². The summed E-state index contributed by atoms with van der Waals surface area (Å²) in [6.07, 6.45) is 1.46. The Morgan fingerprint density at radius 1 is 1.00 bits per heavy atom. The smallest absolute Gasteiger partial charge is 0.241 e. The highest BCUT2D eigenvalue weighted by Gasteiger charge is 2.27. The molecule has 0 radical (unpaired) electrons.